The van der Waals surface area contributed by atoms with Crippen LogP contribution in [0.1, 0.15) is 26.7 Å². The normalized spacial score (nSPS) is 21.8. The Bertz CT molecular complexity index is 439. The molecule has 0 amide bonds. The molecule has 1 aromatic rings. The summed E-state index contributed by atoms with van der Waals surface area (Å²) in [6, 6.07) is 0.256. The summed E-state index contributed by atoms with van der Waals surface area (Å²) in [5.74, 6) is 1.86. The van der Waals surface area contributed by atoms with Gasteiger partial charge in [0, 0.05) is 27.2 Å². The highest BCUT2D eigenvalue weighted by Gasteiger charge is 2.25. The third-order valence-electron chi connectivity index (χ3n) is 3.25. The summed E-state index contributed by atoms with van der Waals surface area (Å²) in [5, 5.41) is 6.55. The predicted octanol–water partition coefficient (Wildman–Crippen LogP) is 1.35. The summed E-state index contributed by atoms with van der Waals surface area (Å²) in [6.45, 7) is 5.80. The number of ether oxygens (including phenoxy) is 1. The maximum absolute atomic E-state index is 5.55. The summed E-state index contributed by atoms with van der Waals surface area (Å²) in [7, 11) is 3.84. The predicted molar refractivity (Wildman–Crippen MR) is 80.4 cm³/mol. The fourth-order valence-electron chi connectivity index (χ4n) is 2.03. The molecule has 112 valence electrons. The largest absolute Gasteiger partial charge is 0.376 e. The third-order valence-corrected chi connectivity index (χ3v) is 3.25. The van der Waals surface area contributed by atoms with Gasteiger partial charge >= 0.3 is 0 Å². The van der Waals surface area contributed by atoms with Gasteiger partial charge in [-0.15, -0.1) is 0 Å². The van der Waals surface area contributed by atoms with E-state index >= 15 is 0 Å². The highest BCUT2D eigenvalue weighted by atomic mass is 16.5. The van der Waals surface area contributed by atoms with Gasteiger partial charge in [-0.25, -0.2) is 0 Å². The molecule has 1 saturated heterocycles. The first-order valence-electron chi connectivity index (χ1n) is 7.15. The maximum atomic E-state index is 5.55. The molecule has 1 aliphatic rings. The molecule has 7 heteroatoms. The minimum absolute atomic E-state index is 0.182. The zero-order valence-corrected chi connectivity index (χ0v) is 12.7. The van der Waals surface area contributed by atoms with Gasteiger partial charge in [0.2, 0.25) is 17.8 Å². The van der Waals surface area contributed by atoms with E-state index in [1.54, 1.807) is 0 Å². The quantitative estimate of drug-likeness (QED) is 0.814. The molecule has 1 aliphatic heterocycles. The fourth-order valence-corrected chi connectivity index (χ4v) is 2.03. The molecule has 1 aromatic heterocycles. The molecule has 1 fully saturated rings. The van der Waals surface area contributed by atoms with E-state index in [4.69, 9.17) is 4.74 Å². The molecule has 2 heterocycles. The van der Waals surface area contributed by atoms with Crippen LogP contribution in [0.3, 0.4) is 0 Å². The van der Waals surface area contributed by atoms with E-state index in [0.29, 0.717) is 17.8 Å². The first-order valence-corrected chi connectivity index (χ1v) is 7.15. The summed E-state index contributed by atoms with van der Waals surface area (Å²) in [4.78, 5) is 15.1. The lowest BCUT2D eigenvalue weighted by Crippen LogP contribution is -2.28. The first kappa shape index (κ1) is 14.8. The van der Waals surface area contributed by atoms with Crippen LogP contribution < -0.4 is 15.5 Å². The number of nitrogens with zero attached hydrogens (tertiary/aromatic N) is 4. The molecule has 0 radical (unpaired) electrons. The molecular formula is C13H24N6O. The second-order valence-electron chi connectivity index (χ2n) is 5.22. The van der Waals surface area contributed by atoms with E-state index < -0.39 is 0 Å². The minimum Gasteiger partial charge on any atom is -0.376 e. The van der Waals surface area contributed by atoms with Crippen LogP contribution in [0, 0.1) is 0 Å². The molecule has 20 heavy (non-hydrogen) atoms. The van der Waals surface area contributed by atoms with E-state index in [0.717, 1.165) is 26.0 Å². The van der Waals surface area contributed by atoms with Crippen molar-refractivity contribution in [3.8, 4) is 0 Å². The Hall–Kier alpha value is -1.63. The lowest BCUT2D eigenvalue weighted by molar-refractivity contribution is 0.121. The van der Waals surface area contributed by atoms with Crippen LogP contribution in [0.2, 0.25) is 0 Å². The molecule has 0 saturated carbocycles. The van der Waals surface area contributed by atoms with Crippen molar-refractivity contribution >= 4 is 17.8 Å². The Morgan fingerprint density at radius 3 is 2.60 bits per heavy atom. The van der Waals surface area contributed by atoms with Gasteiger partial charge < -0.3 is 20.3 Å². The smallest absolute Gasteiger partial charge is 0.231 e. The van der Waals surface area contributed by atoms with Crippen molar-refractivity contribution in [1.82, 2.24) is 15.0 Å². The first-order chi connectivity index (χ1) is 9.60. The van der Waals surface area contributed by atoms with Crippen molar-refractivity contribution in [2.75, 3.05) is 42.8 Å². The standard InChI is InChI=1S/C13H24N6O/c1-5-7-14-11-16-12(18-13(17-11)19(3)4)15-10-6-8-20-9(10)2/h9-10H,5-8H2,1-4H3,(H2,14,15,16,17,18). The van der Waals surface area contributed by atoms with Gasteiger partial charge in [0.05, 0.1) is 12.1 Å². The minimum atomic E-state index is 0.182. The van der Waals surface area contributed by atoms with Crippen molar-refractivity contribution in [2.24, 2.45) is 0 Å². The summed E-state index contributed by atoms with van der Waals surface area (Å²) >= 11 is 0. The van der Waals surface area contributed by atoms with Gasteiger partial charge in [0.1, 0.15) is 0 Å². The second-order valence-corrected chi connectivity index (χ2v) is 5.22. The van der Waals surface area contributed by atoms with Crippen LogP contribution in [0.5, 0.6) is 0 Å². The monoisotopic (exact) mass is 280 g/mol. The van der Waals surface area contributed by atoms with Crippen molar-refractivity contribution in [1.29, 1.82) is 0 Å². The summed E-state index contributed by atoms with van der Waals surface area (Å²) in [5.41, 5.74) is 0. The van der Waals surface area contributed by atoms with Crippen molar-refractivity contribution in [3.63, 3.8) is 0 Å². The zero-order valence-electron chi connectivity index (χ0n) is 12.7. The van der Waals surface area contributed by atoms with Gasteiger partial charge in [-0.2, -0.15) is 15.0 Å². The zero-order chi connectivity index (χ0) is 14.5. The van der Waals surface area contributed by atoms with Crippen LogP contribution in [-0.4, -0.2) is 54.3 Å². The van der Waals surface area contributed by atoms with Gasteiger partial charge in [-0.3, -0.25) is 0 Å². The molecule has 2 rings (SSSR count). The topological polar surface area (TPSA) is 75.2 Å². The maximum Gasteiger partial charge on any atom is 0.231 e. The van der Waals surface area contributed by atoms with E-state index in [-0.39, 0.29) is 12.1 Å². The van der Waals surface area contributed by atoms with Crippen LogP contribution >= 0.6 is 0 Å². The van der Waals surface area contributed by atoms with E-state index in [2.05, 4.69) is 39.4 Å². The van der Waals surface area contributed by atoms with Crippen LogP contribution in [0.4, 0.5) is 17.8 Å². The average Bonchev–Trinajstić information content (AvgIpc) is 2.81. The molecule has 0 aromatic carbocycles. The van der Waals surface area contributed by atoms with E-state index in [9.17, 15) is 0 Å². The Balaban J connectivity index is 2.15. The third kappa shape index (κ3) is 3.69. The average molecular weight is 280 g/mol. The lowest BCUT2D eigenvalue weighted by atomic mass is 10.2. The second kappa shape index (κ2) is 6.69. The molecule has 2 N–H and O–H groups in total. The van der Waals surface area contributed by atoms with Crippen LogP contribution in [-0.2, 0) is 4.74 Å². The SMILES string of the molecule is CCCNc1nc(NC2CCOC2C)nc(N(C)C)n1. The Morgan fingerprint density at radius 2 is 2.00 bits per heavy atom. The molecule has 2 atom stereocenters. The number of anilines is 3. The molecule has 2 unspecified atom stereocenters. The number of nitrogens with one attached hydrogen (secondary N) is 2. The highest BCUT2D eigenvalue weighted by Crippen LogP contribution is 2.18. The molecule has 0 bridgehead atoms. The number of rotatable bonds is 6. The van der Waals surface area contributed by atoms with Gasteiger partial charge in [0.15, 0.2) is 0 Å². The van der Waals surface area contributed by atoms with Crippen LogP contribution in [0.25, 0.3) is 0 Å². The number of hydrogen-bond donors (Lipinski definition) is 2. The molecule has 0 spiro atoms. The van der Waals surface area contributed by atoms with Gasteiger partial charge in [-0.05, 0) is 19.8 Å². The van der Waals surface area contributed by atoms with E-state index in [1.165, 1.54) is 0 Å². The number of aromatic nitrogens is 3. The van der Waals surface area contributed by atoms with Crippen molar-refractivity contribution < 1.29 is 4.74 Å². The van der Waals surface area contributed by atoms with Crippen LogP contribution in [0.15, 0.2) is 0 Å². The summed E-state index contributed by atoms with van der Waals surface area (Å²) < 4.78 is 5.55. The molecule has 0 aliphatic carbocycles. The Labute approximate surface area is 120 Å². The fraction of sp³-hybridized carbons (Fsp3) is 0.769. The lowest BCUT2D eigenvalue weighted by Gasteiger charge is -2.18. The van der Waals surface area contributed by atoms with Gasteiger partial charge in [-0.1, -0.05) is 6.92 Å². The van der Waals surface area contributed by atoms with Gasteiger partial charge in [0.25, 0.3) is 0 Å². The van der Waals surface area contributed by atoms with E-state index in [1.807, 2.05) is 19.0 Å². The number of hydrogen-bond acceptors (Lipinski definition) is 7. The molecular weight excluding hydrogens is 256 g/mol. The highest BCUT2D eigenvalue weighted by molar-refractivity contribution is 5.43. The summed E-state index contributed by atoms with van der Waals surface area (Å²) in [6.07, 6.45) is 2.18. The van der Waals surface area contributed by atoms with Crippen molar-refractivity contribution in [3.05, 3.63) is 0 Å². The van der Waals surface area contributed by atoms with Crippen molar-refractivity contribution in [2.45, 2.75) is 38.8 Å². The Kier molecular flexibility index (Phi) is 4.94. The molecule has 7 nitrogen and oxygen atoms in total. The Morgan fingerprint density at radius 1 is 1.25 bits per heavy atom.